The third-order valence-electron chi connectivity index (χ3n) is 5.97. The zero-order valence-corrected chi connectivity index (χ0v) is 15.8. The van der Waals surface area contributed by atoms with E-state index in [2.05, 4.69) is 40.5 Å². The summed E-state index contributed by atoms with van der Waals surface area (Å²) in [5.41, 5.74) is 3.68. The molecule has 1 saturated heterocycles. The lowest BCUT2D eigenvalue weighted by Crippen LogP contribution is -2.47. The molecule has 2 aromatic rings. The summed E-state index contributed by atoms with van der Waals surface area (Å²) >= 11 is 6.13. The van der Waals surface area contributed by atoms with Crippen molar-refractivity contribution in [2.45, 2.75) is 24.9 Å². The van der Waals surface area contributed by atoms with Gasteiger partial charge in [0.05, 0.1) is 6.10 Å². The molecule has 138 valence electrons. The molecule has 3 nitrogen and oxygen atoms in total. The van der Waals surface area contributed by atoms with Crippen LogP contribution in [0.15, 0.2) is 48.5 Å². The highest BCUT2D eigenvalue weighted by atomic mass is 35.5. The van der Waals surface area contributed by atoms with Gasteiger partial charge in [-0.1, -0.05) is 48.0 Å². The van der Waals surface area contributed by atoms with Gasteiger partial charge in [0.2, 0.25) is 0 Å². The first-order chi connectivity index (χ1) is 12.7. The van der Waals surface area contributed by atoms with Crippen LogP contribution in [0.5, 0.6) is 0 Å². The van der Waals surface area contributed by atoms with Crippen molar-refractivity contribution in [2.24, 2.45) is 5.92 Å². The lowest BCUT2D eigenvalue weighted by atomic mass is 9.70. The second kappa shape index (κ2) is 8.10. The molecule has 3 unspecified atom stereocenters. The number of piperazine rings is 1. The molecule has 1 aliphatic carbocycles. The Morgan fingerprint density at radius 3 is 2.42 bits per heavy atom. The van der Waals surface area contributed by atoms with Gasteiger partial charge in [-0.25, -0.2) is 0 Å². The fraction of sp³-hybridized carbons (Fsp3) is 0.455. The van der Waals surface area contributed by atoms with Crippen LogP contribution >= 0.6 is 11.6 Å². The molecule has 4 heteroatoms. The van der Waals surface area contributed by atoms with Gasteiger partial charge in [0, 0.05) is 43.7 Å². The molecule has 0 spiro atoms. The number of aliphatic hydroxyl groups is 1. The summed E-state index contributed by atoms with van der Waals surface area (Å²) in [6, 6.07) is 16.9. The van der Waals surface area contributed by atoms with Crippen molar-refractivity contribution in [3.05, 3.63) is 59.1 Å². The van der Waals surface area contributed by atoms with Gasteiger partial charge in [-0.05, 0) is 47.6 Å². The van der Waals surface area contributed by atoms with Crippen molar-refractivity contribution in [1.82, 2.24) is 10.2 Å². The van der Waals surface area contributed by atoms with E-state index in [0.29, 0.717) is 11.8 Å². The summed E-state index contributed by atoms with van der Waals surface area (Å²) in [7, 11) is 0. The van der Waals surface area contributed by atoms with Gasteiger partial charge in [-0.15, -0.1) is 0 Å². The highest BCUT2D eigenvalue weighted by Gasteiger charge is 2.37. The standard InChI is InChI=1S/C22H27ClN2O/c23-19-3-1-2-18(14-19)16-4-6-17(7-5-16)21(20-8-9-22(20)26)15-25-12-10-24-11-13-25/h1-7,14,20-22,24,26H,8-13,15H2. The number of rotatable bonds is 5. The van der Waals surface area contributed by atoms with E-state index in [9.17, 15) is 5.11 Å². The van der Waals surface area contributed by atoms with Crippen LogP contribution < -0.4 is 5.32 Å². The van der Waals surface area contributed by atoms with Crippen molar-refractivity contribution in [3.8, 4) is 11.1 Å². The van der Waals surface area contributed by atoms with Crippen molar-refractivity contribution < 1.29 is 5.11 Å². The molecule has 2 N–H and O–H groups in total. The van der Waals surface area contributed by atoms with E-state index in [1.165, 1.54) is 11.1 Å². The van der Waals surface area contributed by atoms with Crippen molar-refractivity contribution >= 4 is 11.6 Å². The third kappa shape index (κ3) is 3.96. The third-order valence-corrected chi connectivity index (χ3v) is 6.20. The predicted molar refractivity (Wildman–Crippen MR) is 108 cm³/mol. The molecule has 4 rings (SSSR count). The maximum absolute atomic E-state index is 10.3. The number of aliphatic hydroxyl groups excluding tert-OH is 1. The molecule has 0 amide bonds. The van der Waals surface area contributed by atoms with Gasteiger partial charge < -0.3 is 15.3 Å². The summed E-state index contributed by atoms with van der Waals surface area (Å²) in [5, 5.41) is 14.5. The van der Waals surface area contributed by atoms with Crippen LogP contribution in [0.4, 0.5) is 0 Å². The molecule has 2 fully saturated rings. The first-order valence-electron chi connectivity index (χ1n) is 9.68. The van der Waals surface area contributed by atoms with Crippen LogP contribution in [0.3, 0.4) is 0 Å². The summed E-state index contributed by atoms with van der Waals surface area (Å²) in [5.74, 6) is 0.798. The van der Waals surface area contributed by atoms with Gasteiger partial charge in [-0.3, -0.25) is 0 Å². The number of hydrogen-bond donors (Lipinski definition) is 2. The minimum absolute atomic E-state index is 0.143. The zero-order valence-electron chi connectivity index (χ0n) is 15.1. The fourth-order valence-electron chi connectivity index (χ4n) is 4.23. The Labute approximate surface area is 161 Å². The highest BCUT2D eigenvalue weighted by Crippen LogP contribution is 2.40. The molecule has 1 heterocycles. The van der Waals surface area contributed by atoms with Crippen LogP contribution in [-0.4, -0.2) is 48.8 Å². The molecule has 1 saturated carbocycles. The monoisotopic (exact) mass is 370 g/mol. The minimum Gasteiger partial charge on any atom is -0.393 e. The summed E-state index contributed by atoms with van der Waals surface area (Å²) in [4.78, 5) is 2.54. The van der Waals surface area contributed by atoms with Gasteiger partial charge in [0.1, 0.15) is 0 Å². The number of hydrogen-bond acceptors (Lipinski definition) is 3. The van der Waals surface area contributed by atoms with Crippen LogP contribution in [0.25, 0.3) is 11.1 Å². The largest absolute Gasteiger partial charge is 0.393 e. The Morgan fingerprint density at radius 1 is 1.04 bits per heavy atom. The normalized spacial score (nSPS) is 24.8. The van der Waals surface area contributed by atoms with E-state index in [0.717, 1.165) is 56.2 Å². The van der Waals surface area contributed by atoms with Crippen molar-refractivity contribution in [1.29, 1.82) is 0 Å². The summed E-state index contributed by atoms with van der Waals surface area (Å²) < 4.78 is 0. The molecule has 2 aliphatic rings. The van der Waals surface area contributed by atoms with Crippen molar-refractivity contribution in [3.63, 3.8) is 0 Å². The number of benzene rings is 2. The Hall–Kier alpha value is -1.39. The minimum atomic E-state index is -0.143. The van der Waals surface area contributed by atoms with Gasteiger partial charge >= 0.3 is 0 Å². The summed E-state index contributed by atoms with van der Waals surface area (Å²) in [6.45, 7) is 5.36. The quantitative estimate of drug-likeness (QED) is 0.841. The molecular weight excluding hydrogens is 344 g/mol. The topological polar surface area (TPSA) is 35.5 Å². The van der Waals surface area contributed by atoms with E-state index in [4.69, 9.17) is 11.6 Å². The van der Waals surface area contributed by atoms with Gasteiger partial charge in [0.15, 0.2) is 0 Å². The molecular formula is C22H27ClN2O. The number of nitrogens with one attached hydrogen (secondary N) is 1. The zero-order chi connectivity index (χ0) is 17.9. The van der Waals surface area contributed by atoms with Crippen LogP contribution in [0, 0.1) is 5.92 Å². The smallest absolute Gasteiger partial charge is 0.0574 e. The van der Waals surface area contributed by atoms with E-state index < -0.39 is 0 Å². The average Bonchev–Trinajstić information content (AvgIpc) is 2.67. The number of nitrogens with zero attached hydrogens (tertiary/aromatic N) is 1. The average molecular weight is 371 g/mol. The van der Waals surface area contributed by atoms with Crippen LogP contribution in [0.2, 0.25) is 5.02 Å². The molecule has 26 heavy (non-hydrogen) atoms. The Bertz CT molecular complexity index is 727. The fourth-order valence-corrected chi connectivity index (χ4v) is 4.42. The molecule has 2 aromatic carbocycles. The van der Waals surface area contributed by atoms with Gasteiger partial charge in [-0.2, -0.15) is 0 Å². The molecule has 1 aliphatic heterocycles. The van der Waals surface area contributed by atoms with Crippen LogP contribution in [-0.2, 0) is 0 Å². The molecule has 0 radical (unpaired) electrons. The van der Waals surface area contributed by atoms with Gasteiger partial charge in [0.25, 0.3) is 0 Å². The van der Waals surface area contributed by atoms with Crippen LogP contribution in [0.1, 0.15) is 24.3 Å². The first-order valence-corrected chi connectivity index (χ1v) is 10.1. The van der Waals surface area contributed by atoms with E-state index >= 15 is 0 Å². The number of halogens is 1. The lowest BCUT2D eigenvalue weighted by Gasteiger charge is -2.42. The molecule has 3 atom stereocenters. The second-order valence-corrected chi connectivity index (χ2v) is 8.03. The van der Waals surface area contributed by atoms with E-state index in [-0.39, 0.29) is 6.10 Å². The highest BCUT2D eigenvalue weighted by molar-refractivity contribution is 6.30. The maximum atomic E-state index is 10.3. The Kier molecular flexibility index (Phi) is 5.60. The summed E-state index contributed by atoms with van der Waals surface area (Å²) in [6.07, 6.45) is 1.94. The molecule has 0 bridgehead atoms. The lowest BCUT2D eigenvalue weighted by molar-refractivity contribution is 0.000671. The maximum Gasteiger partial charge on any atom is 0.0574 e. The Balaban J connectivity index is 1.54. The SMILES string of the molecule is OC1CCC1C(CN1CCNCC1)c1ccc(-c2cccc(Cl)c2)cc1. The van der Waals surface area contributed by atoms with E-state index in [1.807, 2.05) is 18.2 Å². The first kappa shape index (κ1) is 18.0. The molecule has 0 aromatic heterocycles. The Morgan fingerprint density at radius 2 is 1.81 bits per heavy atom. The van der Waals surface area contributed by atoms with E-state index in [1.54, 1.807) is 0 Å². The predicted octanol–water partition coefficient (Wildman–Crippen LogP) is 3.77. The van der Waals surface area contributed by atoms with Crippen molar-refractivity contribution in [2.75, 3.05) is 32.7 Å². The second-order valence-electron chi connectivity index (χ2n) is 7.60.